The Kier molecular flexibility index (Phi) is 8.44. The van der Waals surface area contributed by atoms with Gasteiger partial charge in [0.2, 0.25) is 5.91 Å². The largest absolute Gasteiger partial charge is 0.457 e. The lowest BCUT2D eigenvalue weighted by atomic mass is 10.0. The number of carbonyl (C=O) groups is 2. The van der Waals surface area contributed by atoms with Gasteiger partial charge in [0, 0.05) is 12.1 Å². The molecule has 0 spiro atoms. The van der Waals surface area contributed by atoms with Crippen LogP contribution in [0.1, 0.15) is 22.3 Å². The number of hydrogen-bond donors (Lipinski definition) is 3. The summed E-state index contributed by atoms with van der Waals surface area (Å²) in [6.07, 6.45) is 2.14. The molecule has 2 amide bonds. The van der Waals surface area contributed by atoms with Crippen LogP contribution in [0.3, 0.4) is 0 Å². The third-order valence-electron chi connectivity index (χ3n) is 5.63. The molecule has 1 aliphatic rings. The topological polar surface area (TPSA) is 96.9 Å². The van der Waals surface area contributed by atoms with Gasteiger partial charge < -0.3 is 25.2 Å². The van der Waals surface area contributed by atoms with Gasteiger partial charge in [0.15, 0.2) is 0 Å². The molecule has 186 valence electrons. The zero-order chi connectivity index (χ0) is 25.3. The van der Waals surface area contributed by atoms with E-state index in [4.69, 9.17) is 9.47 Å². The predicted octanol–water partition coefficient (Wildman–Crippen LogP) is 3.74. The number of benzene rings is 3. The van der Waals surface area contributed by atoms with Crippen molar-refractivity contribution in [1.82, 2.24) is 10.6 Å². The molecule has 3 N–H and O–H groups in total. The van der Waals surface area contributed by atoms with E-state index in [-0.39, 0.29) is 24.5 Å². The van der Waals surface area contributed by atoms with Crippen LogP contribution in [0.4, 0.5) is 4.39 Å². The maximum absolute atomic E-state index is 13.4. The van der Waals surface area contributed by atoms with Gasteiger partial charge in [0.25, 0.3) is 5.91 Å². The van der Waals surface area contributed by atoms with Crippen LogP contribution in [0, 0.1) is 5.82 Å². The highest BCUT2D eigenvalue weighted by molar-refractivity contribution is 5.94. The van der Waals surface area contributed by atoms with Crippen LogP contribution in [-0.2, 0) is 16.1 Å². The lowest BCUT2D eigenvalue weighted by molar-refractivity contribution is -0.125. The van der Waals surface area contributed by atoms with Gasteiger partial charge in [-0.3, -0.25) is 9.59 Å². The van der Waals surface area contributed by atoms with E-state index < -0.39 is 30.0 Å². The van der Waals surface area contributed by atoms with Gasteiger partial charge in [-0.15, -0.1) is 0 Å². The normalized spacial score (nSPS) is 18.9. The van der Waals surface area contributed by atoms with Crippen molar-refractivity contribution in [2.24, 2.45) is 0 Å². The zero-order valence-corrected chi connectivity index (χ0v) is 19.5. The van der Waals surface area contributed by atoms with Gasteiger partial charge in [-0.05, 0) is 48.0 Å². The summed E-state index contributed by atoms with van der Waals surface area (Å²) in [4.78, 5) is 24.8. The molecule has 3 aromatic rings. The number of hydrogen-bond acceptors (Lipinski definition) is 5. The maximum Gasteiger partial charge on any atom is 0.251 e. The number of ether oxygens (including phenoxy) is 2. The minimum absolute atomic E-state index is 0.0623. The van der Waals surface area contributed by atoms with Crippen molar-refractivity contribution in [2.75, 3.05) is 6.61 Å². The Morgan fingerprint density at radius 1 is 0.944 bits per heavy atom. The molecule has 1 aliphatic heterocycles. The monoisotopic (exact) mass is 490 g/mol. The Balaban J connectivity index is 1.25. The smallest absolute Gasteiger partial charge is 0.251 e. The van der Waals surface area contributed by atoms with Crippen LogP contribution in [0.25, 0.3) is 0 Å². The number of carbonyl (C=O) groups excluding carboxylic acids is 2. The Hall–Kier alpha value is -4.01. The fraction of sp³-hybridized carbons (Fsp3) is 0.214. The van der Waals surface area contributed by atoms with E-state index >= 15 is 0 Å². The van der Waals surface area contributed by atoms with Crippen molar-refractivity contribution in [2.45, 2.75) is 31.2 Å². The Labute approximate surface area is 208 Å². The number of rotatable bonds is 9. The number of halogens is 1. The summed E-state index contributed by atoms with van der Waals surface area (Å²) >= 11 is 0. The molecule has 0 saturated heterocycles. The molecule has 0 radical (unpaired) electrons. The van der Waals surface area contributed by atoms with E-state index in [2.05, 4.69) is 10.6 Å². The first kappa shape index (κ1) is 25.1. The van der Waals surface area contributed by atoms with Gasteiger partial charge >= 0.3 is 0 Å². The van der Waals surface area contributed by atoms with Crippen molar-refractivity contribution in [1.29, 1.82) is 0 Å². The Morgan fingerprint density at radius 3 is 2.42 bits per heavy atom. The fourth-order valence-corrected chi connectivity index (χ4v) is 3.76. The molecule has 0 aromatic heterocycles. The van der Waals surface area contributed by atoms with E-state index in [1.54, 1.807) is 12.2 Å². The summed E-state index contributed by atoms with van der Waals surface area (Å²) in [7, 11) is 0. The van der Waals surface area contributed by atoms with Gasteiger partial charge in [0.05, 0.1) is 25.2 Å². The highest BCUT2D eigenvalue weighted by Crippen LogP contribution is 2.21. The van der Waals surface area contributed by atoms with E-state index in [0.717, 1.165) is 17.4 Å². The summed E-state index contributed by atoms with van der Waals surface area (Å²) < 4.78 is 25.0. The second-order valence-electron chi connectivity index (χ2n) is 8.33. The number of aliphatic hydroxyl groups excluding tert-OH is 1. The highest BCUT2D eigenvalue weighted by Gasteiger charge is 2.29. The third kappa shape index (κ3) is 7.00. The van der Waals surface area contributed by atoms with Crippen molar-refractivity contribution < 1.29 is 28.6 Å². The molecule has 8 heteroatoms. The second-order valence-corrected chi connectivity index (χ2v) is 8.33. The van der Waals surface area contributed by atoms with Crippen molar-refractivity contribution in [3.63, 3.8) is 0 Å². The van der Waals surface area contributed by atoms with E-state index in [9.17, 15) is 19.1 Å². The summed E-state index contributed by atoms with van der Waals surface area (Å²) in [5.41, 5.74) is 1.08. The van der Waals surface area contributed by atoms with Crippen molar-refractivity contribution in [3.05, 3.63) is 108 Å². The lowest BCUT2D eigenvalue weighted by Crippen LogP contribution is -2.49. The molecule has 4 rings (SSSR count). The SMILES string of the molecule is O=C(C[C@H]1C=C[C@@H](NC(=O)c2cccc(F)c2)[C@H](CO)O1)NCc1ccc(Oc2ccccc2)cc1. The first-order valence-electron chi connectivity index (χ1n) is 11.6. The molecule has 0 unspecified atom stereocenters. The van der Waals surface area contributed by atoms with E-state index in [0.29, 0.717) is 12.3 Å². The zero-order valence-electron chi connectivity index (χ0n) is 19.5. The first-order chi connectivity index (χ1) is 17.5. The standard InChI is InChI=1S/C28H27FN2O5/c29-21-6-4-5-20(15-21)28(34)31-25-14-13-24(36-26(25)18-32)16-27(33)30-17-19-9-11-23(12-10-19)35-22-7-2-1-3-8-22/h1-15,24-26,32H,16-18H2,(H,30,33)(H,31,34)/t24-,25-,26+/m1/s1. The number of amides is 2. The fourth-order valence-electron chi connectivity index (χ4n) is 3.76. The summed E-state index contributed by atoms with van der Waals surface area (Å²) in [6, 6.07) is 21.6. The molecular weight excluding hydrogens is 463 g/mol. The summed E-state index contributed by atoms with van der Waals surface area (Å²) in [5.74, 6) is 0.234. The van der Waals surface area contributed by atoms with Gasteiger partial charge in [0.1, 0.15) is 23.4 Å². The van der Waals surface area contributed by atoms with Crippen LogP contribution >= 0.6 is 0 Å². The molecule has 0 saturated carbocycles. The van der Waals surface area contributed by atoms with Crippen molar-refractivity contribution in [3.8, 4) is 11.5 Å². The Morgan fingerprint density at radius 2 is 1.69 bits per heavy atom. The van der Waals surface area contributed by atoms with Crippen LogP contribution in [-0.4, -0.2) is 41.8 Å². The number of nitrogens with one attached hydrogen (secondary N) is 2. The minimum atomic E-state index is -0.734. The predicted molar refractivity (Wildman–Crippen MR) is 132 cm³/mol. The molecular formula is C28H27FN2O5. The average molecular weight is 491 g/mol. The lowest BCUT2D eigenvalue weighted by Gasteiger charge is -2.31. The maximum atomic E-state index is 13.4. The summed E-state index contributed by atoms with van der Waals surface area (Å²) in [5, 5.41) is 15.3. The van der Waals surface area contributed by atoms with Crippen LogP contribution < -0.4 is 15.4 Å². The van der Waals surface area contributed by atoms with Crippen LogP contribution in [0.15, 0.2) is 91.0 Å². The quantitative estimate of drug-likeness (QED) is 0.397. The minimum Gasteiger partial charge on any atom is -0.457 e. The molecule has 0 fully saturated rings. The highest BCUT2D eigenvalue weighted by atomic mass is 19.1. The van der Waals surface area contributed by atoms with Gasteiger partial charge in [-0.2, -0.15) is 0 Å². The average Bonchev–Trinajstić information content (AvgIpc) is 2.89. The third-order valence-corrected chi connectivity index (χ3v) is 5.63. The van der Waals surface area contributed by atoms with Crippen LogP contribution in [0.5, 0.6) is 11.5 Å². The van der Waals surface area contributed by atoms with Crippen LogP contribution in [0.2, 0.25) is 0 Å². The van der Waals surface area contributed by atoms with Gasteiger partial charge in [-0.25, -0.2) is 4.39 Å². The van der Waals surface area contributed by atoms with E-state index in [1.165, 1.54) is 18.2 Å². The molecule has 0 aliphatic carbocycles. The molecule has 1 heterocycles. The van der Waals surface area contributed by atoms with E-state index in [1.807, 2.05) is 54.6 Å². The number of aliphatic hydroxyl groups is 1. The molecule has 3 atom stereocenters. The van der Waals surface area contributed by atoms with Crippen molar-refractivity contribution >= 4 is 11.8 Å². The Bertz CT molecular complexity index is 1200. The molecule has 7 nitrogen and oxygen atoms in total. The summed E-state index contributed by atoms with van der Waals surface area (Å²) in [6.45, 7) is -0.00934. The molecule has 36 heavy (non-hydrogen) atoms. The first-order valence-corrected chi connectivity index (χ1v) is 11.6. The van der Waals surface area contributed by atoms with Gasteiger partial charge in [-0.1, -0.05) is 48.6 Å². The second kappa shape index (κ2) is 12.1. The molecule has 0 bridgehead atoms. The number of para-hydroxylation sites is 1. The molecule has 3 aromatic carbocycles.